The van der Waals surface area contributed by atoms with Crippen LogP contribution in [0.5, 0.6) is 0 Å². The van der Waals surface area contributed by atoms with Crippen LogP contribution in [0.2, 0.25) is 0 Å². The van der Waals surface area contributed by atoms with Crippen molar-refractivity contribution in [1.82, 2.24) is 15.5 Å². The summed E-state index contributed by atoms with van der Waals surface area (Å²) < 4.78 is 0. The zero-order valence-corrected chi connectivity index (χ0v) is 15.3. The molecule has 0 radical (unpaired) electrons. The van der Waals surface area contributed by atoms with Gasteiger partial charge in [0.1, 0.15) is 0 Å². The van der Waals surface area contributed by atoms with Crippen molar-refractivity contribution in [1.29, 1.82) is 0 Å². The van der Waals surface area contributed by atoms with Gasteiger partial charge in [0.05, 0.1) is 6.54 Å². The number of nitrogens with one attached hydrogen (secondary N) is 2. The number of amides is 2. The summed E-state index contributed by atoms with van der Waals surface area (Å²) in [5.41, 5.74) is 2.35. The van der Waals surface area contributed by atoms with Crippen molar-refractivity contribution in [3.63, 3.8) is 0 Å². The van der Waals surface area contributed by atoms with Crippen molar-refractivity contribution < 1.29 is 14.7 Å². The molecule has 1 aliphatic rings. The van der Waals surface area contributed by atoms with E-state index in [2.05, 4.69) is 36.6 Å². The summed E-state index contributed by atoms with van der Waals surface area (Å²) in [6.45, 7) is 7.53. The van der Waals surface area contributed by atoms with Gasteiger partial charge >= 0.3 is 12.0 Å². The second-order valence-electron chi connectivity index (χ2n) is 7.01. The number of likely N-dealkylation sites (N-methyl/N-ethyl adjacent to an activating group) is 1. The molecule has 0 aromatic heterocycles. The summed E-state index contributed by atoms with van der Waals surface area (Å²) in [5.74, 6) is -0.340. The highest BCUT2D eigenvalue weighted by Crippen LogP contribution is 2.25. The summed E-state index contributed by atoms with van der Waals surface area (Å²) in [6, 6.07) is 8.44. The third kappa shape index (κ3) is 5.74. The highest BCUT2D eigenvalue weighted by Gasteiger charge is 2.34. The monoisotopic (exact) mass is 347 g/mol. The summed E-state index contributed by atoms with van der Waals surface area (Å²) in [5, 5.41) is 14.8. The standard InChI is InChI=1S/C19H29N3O3/c1-4-22(12-18(23)24)17-9-16(10-17)21-19(25)20-11-14-6-5-7-15(8-14)13(2)3/h5-8,13,16-17H,4,9-12H2,1-3H3,(H,23,24)(H2,20,21,25). The topological polar surface area (TPSA) is 81.7 Å². The zero-order chi connectivity index (χ0) is 18.4. The summed E-state index contributed by atoms with van der Waals surface area (Å²) in [4.78, 5) is 24.8. The predicted molar refractivity (Wildman–Crippen MR) is 97.6 cm³/mol. The Kier molecular flexibility index (Phi) is 6.82. The van der Waals surface area contributed by atoms with Crippen LogP contribution >= 0.6 is 0 Å². The highest BCUT2D eigenvalue weighted by atomic mass is 16.4. The Labute approximate surface area is 149 Å². The molecule has 1 fully saturated rings. The number of nitrogens with zero attached hydrogens (tertiary/aromatic N) is 1. The van der Waals surface area contributed by atoms with Crippen molar-refractivity contribution in [2.45, 2.75) is 58.2 Å². The molecule has 1 aromatic rings. The molecule has 138 valence electrons. The van der Waals surface area contributed by atoms with Gasteiger partial charge in [-0.2, -0.15) is 0 Å². The van der Waals surface area contributed by atoms with Crippen LogP contribution in [0.4, 0.5) is 4.79 Å². The van der Waals surface area contributed by atoms with Crippen molar-refractivity contribution in [2.75, 3.05) is 13.1 Å². The van der Waals surface area contributed by atoms with Crippen LogP contribution in [0.3, 0.4) is 0 Å². The molecule has 1 aliphatic carbocycles. The van der Waals surface area contributed by atoms with Gasteiger partial charge in [-0.1, -0.05) is 45.0 Å². The molecule has 25 heavy (non-hydrogen) atoms. The SMILES string of the molecule is CCN(CC(=O)O)C1CC(NC(=O)NCc2cccc(C(C)C)c2)C1. The van der Waals surface area contributed by atoms with Crippen LogP contribution in [0.1, 0.15) is 50.7 Å². The van der Waals surface area contributed by atoms with E-state index in [0.717, 1.165) is 18.4 Å². The molecule has 0 heterocycles. The maximum Gasteiger partial charge on any atom is 0.317 e. The Morgan fingerprint density at radius 1 is 1.32 bits per heavy atom. The van der Waals surface area contributed by atoms with E-state index >= 15 is 0 Å². The highest BCUT2D eigenvalue weighted by molar-refractivity contribution is 5.74. The molecule has 2 rings (SSSR count). The van der Waals surface area contributed by atoms with E-state index in [4.69, 9.17) is 5.11 Å². The van der Waals surface area contributed by atoms with Gasteiger partial charge in [-0.15, -0.1) is 0 Å². The quantitative estimate of drug-likeness (QED) is 0.675. The molecular formula is C19H29N3O3. The number of hydrogen-bond acceptors (Lipinski definition) is 3. The average Bonchev–Trinajstić information content (AvgIpc) is 2.54. The first-order valence-electron chi connectivity index (χ1n) is 8.98. The van der Waals surface area contributed by atoms with Gasteiger partial charge < -0.3 is 15.7 Å². The van der Waals surface area contributed by atoms with E-state index in [-0.39, 0.29) is 24.7 Å². The van der Waals surface area contributed by atoms with Gasteiger partial charge in [0.15, 0.2) is 0 Å². The second-order valence-corrected chi connectivity index (χ2v) is 7.01. The average molecular weight is 347 g/mol. The Hall–Kier alpha value is -2.08. The molecule has 6 nitrogen and oxygen atoms in total. The minimum Gasteiger partial charge on any atom is -0.480 e. The van der Waals surface area contributed by atoms with Crippen molar-refractivity contribution in [3.05, 3.63) is 35.4 Å². The van der Waals surface area contributed by atoms with Gasteiger partial charge in [-0.05, 0) is 36.4 Å². The van der Waals surface area contributed by atoms with Crippen molar-refractivity contribution >= 4 is 12.0 Å². The largest absolute Gasteiger partial charge is 0.480 e. The maximum atomic E-state index is 12.0. The van der Waals surface area contributed by atoms with Gasteiger partial charge in [-0.25, -0.2) is 4.79 Å². The molecule has 0 aliphatic heterocycles. The van der Waals surface area contributed by atoms with Crippen LogP contribution in [-0.2, 0) is 11.3 Å². The number of carbonyl (C=O) groups excluding carboxylic acids is 1. The lowest BCUT2D eigenvalue weighted by atomic mass is 9.85. The Morgan fingerprint density at radius 2 is 2.04 bits per heavy atom. The molecule has 2 amide bonds. The minimum atomic E-state index is -0.806. The van der Waals surface area contributed by atoms with Crippen molar-refractivity contribution in [2.24, 2.45) is 0 Å². The zero-order valence-electron chi connectivity index (χ0n) is 15.3. The van der Waals surface area contributed by atoms with Crippen LogP contribution in [0.25, 0.3) is 0 Å². The lowest BCUT2D eigenvalue weighted by Crippen LogP contribution is -2.56. The van der Waals surface area contributed by atoms with E-state index in [1.165, 1.54) is 5.56 Å². The number of benzene rings is 1. The Morgan fingerprint density at radius 3 is 2.64 bits per heavy atom. The second kappa shape index (κ2) is 8.85. The van der Waals surface area contributed by atoms with E-state index in [1.807, 2.05) is 24.0 Å². The lowest BCUT2D eigenvalue weighted by molar-refractivity contribution is -0.139. The molecule has 3 N–H and O–H groups in total. The smallest absolute Gasteiger partial charge is 0.317 e. The Bertz CT molecular complexity index is 597. The maximum absolute atomic E-state index is 12.0. The number of aliphatic carboxylic acids is 1. The van der Waals surface area contributed by atoms with E-state index in [0.29, 0.717) is 19.0 Å². The van der Waals surface area contributed by atoms with E-state index in [1.54, 1.807) is 0 Å². The molecule has 0 bridgehead atoms. The summed E-state index contributed by atoms with van der Waals surface area (Å²) in [7, 11) is 0. The van der Waals surface area contributed by atoms with Crippen LogP contribution in [0, 0.1) is 0 Å². The lowest BCUT2D eigenvalue weighted by Gasteiger charge is -2.42. The van der Waals surface area contributed by atoms with Crippen molar-refractivity contribution in [3.8, 4) is 0 Å². The number of urea groups is 1. The normalized spacial score (nSPS) is 19.6. The van der Waals surface area contributed by atoms with Gasteiger partial charge in [0, 0.05) is 18.6 Å². The van der Waals surface area contributed by atoms with Crippen LogP contribution in [0.15, 0.2) is 24.3 Å². The minimum absolute atomic E-state index is 0.0618. The first-order chi connectivity index (χ1) is 11.9. The number of carbonyl (C=O) groups is 2. The third-order valence-corrected chi connectivity index (χ3v) is 4.78. The van der Waals surface area contributed by atoms with Crippen LogP contribution in [-0.4, -0.2) is 47.2 Å². The first kappa shape index (κ1) is 19.2. The van der Waals surface area contributed by atoms with E-state index < -0.39 is 5.97 Å². The number of carboxylic acids is 1. The molecule has 1 aromatic carbocycles. The Balaban J connectivity index is 1.72. The number of hydrogen-bond donors (Lipinski definition) is 3. The van der Waals surface area contributed by atoms with Gasteiger partial charge in [0.2, 0.25) is 0 Å². The fourth-order valence-electron chi connectivity index (χ4n) is 3.16. The molecular weight excluding hydrogens is 318 g/mol. The molecule has 6 heteroatoms. The van der Waals surface area contributed by atoms with Crippen LogP contribution < -0.4 is 10.6 Å². The molecule has 0 unspecified atom stereocenters. The summed E-state index contributed by atoms with van der Waals surface area (Å²) >= 11 is 0. The predicted octanol–water partition coefficient (Wildman–Crippen LogP) is 2.55. The first-order valence-corrected chi connectivity index (χ1v) is 8.98. The summed E-state index contributed by atoms with van der Waals surface area (Å²) in [6.07, 6.45) is 1.61. The fourth-order valence-corrected chi connectivity index (χ4v) is 3.16. The molecule has 0 atom stereocenters. The van der Waals surface area contributed by atoms with Gasteiger partial charge in [0.25, 0.3) is 0 Å². The molecule has 1 saturated carbocycles. The molecule has 0 saturated heterocycles. The fraction of sp³-hybridized carbons (Fsp3) is 0.579. The number of carboxylic acid groups (broad SMARTS) is 1. The van der Waals surface area contributed by atoms with Gasteiger partial charge in [-0.3, -0.25) is 9.69 Å². The van der Waals surface area contributed by atoms with E-state index in [9.17, 15) is 9.59 Å². The third-order valence-electron chi connectivity index (χ3n) is 4.78. The molecule has 0 spiro atoms. The number of rotatable bonds is 8.